The zero-order valence-electron chi connectivity index (χ0n) is 24.4. The highest BCUT2D eigenvalue weighted by molar-refractivity contribution is 6.99. The van der Waals surface area contributed by atoms with Crippen molar-refractivity contribution in [2.24, 2.45) is 0 Å². The first-order valence-corrected chi connectivity index (χ1v) is 15.6. The van der Waals surface area contributed by atoms with Crippen molar-refractivity contribution in [1.82, 2.24) is 4.57 Å². The molecule has 0 atom stereocenters. The molecule has 9 rings (SSSR count). The molecule has 0 N–H and O–H groups in total. The number of allylic oxidation sites excluding steroid dienone is 5. The van der Waals surface area contributed by atoms with Gasteiger partial charge in [-0.2, -0.15) is 0 Å². The van der Waals surface area contributed by atoms with E-state index < -0.39 is 0 Å². The van der Waals surface area contributed by atoms with Crippen LogP contribution < -0.4 is 16.4 Å². The topological polar surface area (TPSA) is 4.93 Å². The summed E-state index contributed by atoms with van der Waals surface area (Å²) < 4.78 is 2.48. The molecule has 0 amide bonds. The summed E-state index contributed by atoms with van der Waals surface area (Å²) in [5, 5.41) is 5.28. The molecule has 1 aliphatic carbocycles. The van der Waals surface area contributed by atoms with Crippen LogP contribution >= 0.6 is 0 Å². The summed E-state index contributed by atoms with van der Waals surface area (Å²) in [6.07, 6.45) is 11.2. The smallest absolute Gasteiger partial charge is 0.242 e. The average Bonchev–Trinajstić information content (AvgIpc) is 3.61. The summed E-state index contributed by atoms with van der Waals surface area (Å²) in [6, 6.07) is 49.0. The first-order valence-electron chi connectivity index (χ1n) is 15.6. The Hall–Kier alpha value is -5.34. The minimum absolute atomic E-state index is 0.295. The highest BCUT2D eigenvalue weighted by atomic mass is 15.0. The summed E-state index contributed by atoms with van der Waals surface area (Å²) in [6.45, 7) is 0.295. The number of rotatable bonds is 4. The molecule has 0 fully saturated rings. The molecular weight excluding hydrogens is 529 g/mol. The van der Waals surface area contributed by atoms with Gasteiger partial charge in [0, 0.05) is 16.5 Å². The van der Waals surface area contributed by atoms with E-state index >= 15 is 0 Å². The standard InChI is InChI=1S/C42H30BN/c1-2-10-34-31(9-1)23-28-41-42(34)37-13-5-8-16-40(37)44(41)33-26-21-30(22-27-33)18-17-29-19-24-32(25-20-29)43-38-14-6-3-11-35(38)36-12-4-7-15-39(36)43/h1-21,23-26,28H,22,27H2. The van der Waals surface area contributed by atoms with Crippen molar-refractivity contribution in [3.63, 3.8) is 0 Å². The number of nitrogens with zero attached hydrogens (tertiary/aromatic N) is 1. The van der Waals surface area contributed by atoms with Gasteiger partial charge in [0.2, 0.25) is 6.71 Å². The summed E-state index contributed by atoms with van der Waals surface area (Å²) in [4.78, 5) is 0. The molecule has 0 radical (unpaired) electrons. The molecule has 1 aromatic heterocycles. The minimum atomic E-state index is 0.295. The van der Waals surface area contributed by atoms with Gasteiger partial charge in [-0.15, -0.1) is 0 Å². The third kappa shape index (κ3) is 3.95. The molecule has 7 aromatic rings. The SMILES string of the molecule is C(=Cc1ccc(B2c3ccccc3-c3ccccc32)cc1)C1=CC=C(n2c3ccccc3c3c4ccccc4ccc32)CC1. The zero-order chi connectivity index (χ0) is 29.0. The van der Waals surface area contributed by atoms with Crippen molar-refractivity contribution in [3.05, 3.63) is 163 Å². The molecule has 1 aliphatic heterocycles. The van der Waals surface area contributed by atoms with Gasteiger partial charge < -0.3 is 4.57 Å². The summed E-state index contributed by atoms with van der Waals surface area (Å²) in [7, 11) is 0. The van der Waals surface area contributed by atoms with Crippen LogP contribution in [0.15, 0.2) is 157 Å². The fourth-order valence-electron chi connectivity index (χ4n) is 7.53. The second-order valence-corrected chi connectivity index (χ2v) is 12.0. The molecule has 0 spiro atoms. The number of benzene rings is 6. The number of aromatic nitrogens is 1. The quantitative estimate of drug-likeness (QED) is 0.190. The lowest BCUT2D eigenvalue weighted by molar-refractivity contribution is 0.949. The largest absolute Gasteiger partial charge is 0.313 e. The van der Waals surface area contributed by atoms with Gasteiger partial charge in [0.1, 0.15) is 0 Å². The van der Waals surface area contributed by atoms with Crippen molar-refractivity contribution in [2.45, 2.75) is 12.8 Å². The van der Waals surface area contributed by atoms with Gasteiger partial charge in [0.25, 0.3) is 0 Å². The molecule has 2 heteroatoms. The van der Waals surface area contributed by atoms with E-state index in [4.69, 9.17) is 0 Å². The van der Waals surface area contributed by atoms with Crippen LogP contribution in [0.25, 0.3) is 55.5 Å². The fourth-order valence-corrected chi connectivity index (χ4v) is 7.53. The Morgan fingerprint density at radius 2 is 1.20 bits per heavy atom. The van der Waals surface area contributed by atoms with Crippen LogP contribution in [-0.4, -0.2) is 11.3 Å². The third-order valence-electron chi connectivity index (χ3n) is 9.60. The van der Waals surface area contributed by atoms with Crippen LogP contribution in [0.1, 0.15) is 18.4 Å². The van der Waals surface area contributed by atoms with Crippen LogP contribution in [0, 0.1) is 0 Å². The molecule has 0 saturated heterocycles. The van der Waals surface area contributed by atoms with E-state index in [2.05, 4.69) is 162 Å². The highest BCUT2D eigenvalue weighted by Gasteiger charge is 2.32. The molecule has 6 aromatic carbocycles. The van der Waals surface area contributed by atoms with Gasteiger partial charge in [-0.25, -0.2) is 0 Å². The predicted octanol–water partition coefficient (Wildman–Crippen LogP) is 8.72. The third-order valence-corrected chi connectivity index (χ3v) is 9.60. The molecule has 0 bridgehead atoms. The van der Waals surface area contributed by atoms with E-state index in [1.807, 2.05) is 0 Å². The first-order chi connectivity index (χ1) is 21.8. The number of fused-ring (bicyclic) bond motifs is 8. The lowest BCUT2D eigenvalue weighted by Crippen LogP contribution is -2.48. The predicted molar refractivity (Wildman–Crippen MR) is 191 cm³/mol. The molecule has 1 nitrogen and oxygen atoms in total. The van der Waals surface area contributed by atoms with Gasteiger partial charge in [0.05, 0.1) is 11.0 Å². The molecular formula is C42H30BN. The molecule has 44 heavy (non-hydrogen) atoms. The normalized spacial score (nSPS) is 14.3. The van der Waals surface area contributed by atoms with Crippen molar-refractivity contribution in [2.75, 3.05) is 0 Å². The van der Waals surface area contributed by atoms with Crippen LogP contribution in [0.2, 0.25) is 0 Å². The van der Waals surface area contributed by atoms with Crippen molar-refractivity contribution >= 4 is 67.5 Å². The van der Waals surface area contributed by atoms with Gasteiger partial charge in [-0.3, -0.25) is 0 Å². The number of hydrogen-bond donors (Lipinski definition) is 0. The van der Waals surface area contributed by atoms with Crippen molar-refractivity contribution in [1.29, 1.82) is 0 Å². The van der Waals surface area contributed by atoms with E-state index in [-0.39, 0.29) is 0 Å². The number of para-hydroxylation sites is 1. The van der Waals surface area contributed by atoms with Crippen LogP contribution in [0.3, 0.4) is 0 Å². The maximum absolute atomic E-state index is 2.48. The van der Waals surface area contributed by atoms with E-state index in [1.54, 1.807) is 0 Å². The lowest BCUT2D eigenvalue weighted by atomic mass is 9.39. The monoisotopic (exact) mass is 559 g/mol. The Morgan fingerprint density at radius 1 is 0.523 bits per heavy atom. The van der Waals surface area contributed by atoms with Crippen LogP contribution in [0.4, 0.5) is 0 Å². The lowest BCUT2D eigenvalue weighted by Gasteiger charge is -2.16. The molecule has 0 unspecified atom stereocenters. The van der Waals surface area contributed by atoms with E-state index in [9.17, 15) is 0 Å². The second kappa shape index (κ2) is 10.1. The first kappa shape index (κ1) is 25.2. The Kier molecular flexibility index (Phi) is 5.80. The van der Waals surface area contributed by atoms with Gasteiger partial charge in [-0.05, 0) is 64.1 Å². The van der Waals surface area contributed by atoms with Crippen molar-refractivity contribution in [3.8, 4) is 11.1 Å². The maximum Gasteiger partial charge on any atom is 0.242 e. The van der Waals surface area contributed by atoms with Crippen LogP contribution in [-0.2, 0) is 0 Å². The zero-order valence-corrected chi connectivity index (χ0v) is 24.4. The van der Waals surface area contributed by atoms with E-state index in [0.29, 0.717) is 6.71 Å². The van der Waals surface area contributed by atoms with Crippen molar-refractivity contribution < 1.29 is 0 Å². The Balaban J connectivity index is 1.01. The second-order valence-electron chi connectivity index (χ2n) is 12.0. The molecule has 2 heterocycles. The Labute approximate surface area is 258 Å². The molecule has 2 aliphatic rings. The van der Waals surface area contributed by atoms with E-state index in [1.165, 1.54) is 76.9 Å². The van der Waals surface area contributed by atoms with E-state index in [0.717, 1.165) is 12.8 Å². The fraction of sp³-hybridized carbons (Fsp3) is 0.0476. The van der Waals surface area contributed by atoms with Gasteiger partial charge in [0.15, 0.2) is 0 Å². The van der Waals surface area contributed by atoms with Gasteiger partial charge in [-0.1, -0.05) is 156 Å². The Morgan fingerprint density at radius 3 is 1.95 bits per heavy atom. The number of hydrogen-bond acceptors (Lipinski definition) is 0. The minimum Gasteiger partial charge on any atom is -0.313 e. The summed E-state index contributed by atoms with van der Waals surface area (Å²) >= 11 is 0. The molecule has 0 saturated carbocycles. The maximum atomic E-state index is 2.48. The molecule has 206 valence electrons. The summed E-state index contributed by atoms with van der Waals surface area (Å²) in [5.41, 5.74) is 13.4. The summed E-state index contributed by atoms with van der Waals surface area (Å²) in [5.74, 6) is 0. The highest BCUT2D eigenvalue weighted by Crippen LogP contribution is 2.38. The Bertz CT molecular complexity index is 2290. The van der Waals surface area contributed by atoms with Gasteiger partial charge >= 0.3 is 0 Å². The average molecular weight is 560 g/mol. The van der Waals surface area contributed by atoms with Crippen LogP contribution in [0.5, 0.6) is 0 Å².